The molecule has 1 fully saturated rings. The summed E-state index contributed by atoms with van der Waals surface area (Å²) in [5.41, 5.74) is 1.82. The van der Waals surface area contributed by atoms with Gasteiger partial charge in [-0.25, -0.2) is 4.79 Å². The maximum atomic E-state index is 11.7. The Morgan fingerprint density at radius 1 is 1.47 bits per heavy atom. The molecule has 0 saturated carbocycles. The maximum absolute atomic E-state index is 11.7. The lowest BCUT2D eigenvalue weighted by Crippen LogP contribution is -2.36. The topological polar surface area (TPSA) is 55.6 Å². The fourth-order valence-electron chi connectivity index (χ4n) is 2.10. The molecule has 94 valence electrons. The monoisotopic (exact) mass is 238 g/mol. The molecule has 1 atom stereocenters. The van der Waals surface area contributed by atoms with E-state index in [1.165, 1.54) is 0 Å². The smallest absolute Gasteiger partial charge is 0.410 e. The average molecular weight is 238 g/mol. The predicted octanol–water partition coefficient (Wildman–Crippen LogP) is 2.27. The quantitative estimate of drug-likeness (QED) is 0.810. The summed E-state index contributed by atoms with van der Waals surface area (Å²) in [6, 6.07) is 0.135. The summed E-state index contributed by atoms with van der Waals surface area (Å²) >= 11 is 0. The Morgan fingerprint density at radius 3 is 2.71 bits per heavy atom. The molecule has 2 rings (SSSR count). The number of ether oxygens (including phenoxy) is 1. The molecule has 0 aromatic carbocycles. The molecule has 0 aliphatic carbocycles. The van der Waals surface area contributed by atoms with Gasteiger partial charge in [-0.15, -0.1) is 0 Å². The van der Waals surface area contributed by atoms with Crippen LogP contribution in [0.5, 0.6) is 0 Å². The molecule has 5 heteroatoms. The van der Waals surface area contributed by atoms with Crippen molar-refractivity contribution in [3.63, 3.8) is 0 Å². The van der Waals surface area contributed by atoms with Crippen LogP contribution in [0.25, 0.3) is 0 Å². The Balaban J connectivity index is 2.19. The van der Waals surface area contributed by atoms with Gasteiger partial charge in [0, 0.05) is 5.56 Å². The number of hydrogen-bond donors (Lipinski definition) is 0. The lowest BCUT2D eigenvalue weighted by Gasteiger charge is -2.24. The van der Waals surface area contributed by atoms with E-state index in [2.05, 4.69) is 19.0 Å². The normalized spacial score (nSPS) is 20.2. The summed E-state index contributed by atoms with van der Waals surface area (Å²) in [5, 5.41) is 3.90. The number of nitrogens with zero attached hydrogens (tertiary/aromatic N) is 2. The van der Waals surface area contributed by atoms with Crippen molar-refractivity contribution in [3.05, 3.63) is 17.0 Å². The summed E-state index contributed by atoms with van der Waals surface area (Å²) in [7, 11) is 0. The zero-order valence-corrected chi connectivity index (χ0v) is 10.7. The molecule has 0 bridgehead atoms. The summed E-state index contributed by atoms with van der Waals surface area (Å²) < 4.78 is 10.2. The second-order valence-electron chi connectivity index (χ2n) is 4.82. The number of aryl methyl sites for hydroxylation is 2. The Morgan fingerprint density at radius 2 is 2.18 bits per heavy atom. The van der Waals surface area contributed by atoms with Crippen molar-refractivity contribution in [2.24, 2.45) is 5.92 Å². The zero-order valence-electron chi connectivity index (χ0n) is 10.7. The van der Waals surface area contributed by atoms with Crippen LogP contribution < -0.4 is 0 Å². The number of aromatic nitrogens is 1. The van der Waals surface area contributed by atoms with Crippen LogP contribution in [0.2, 0.25) is 0 Å². The number of rotatable bonds is 3. The zero-order chi connectivity index (χ0) is 12.6. The Labute approximate surface area is 101 Å². The number of carbonyl (C=O) groups excluding carboxylic acids is 1. The molecule has 1 aliphatic heterocycles. The lowest BCUT2D eigenvalue weighted by atomic mass is 10.0. The van der Waals surface area contributed by atoms with Crippen molar-refractivity contribution in [2.45, 2.75) is 40.3 Å². The largest absolute Gasteiger partial charge is 0.447 e. The van der Waals surface area contributed by atoms with Crippen molar-refractivity contribution >= 4 is 6.09 Å². The van der Waals surface area contributed by atoms with E-state index in [0.717, 1.165) is 17.0 Å². The SMILES string of the molecule is Cc1noc(C)c1CN1C(=O)OC[C@@H]1C(C)C. The van der Waals surface area contributed by atoms with Crippen LogP contribution in [0.4, 0.5) is 4.79 Å². The third kappa shape index (κ3) is 2.14. The van der Waals surface area contributed by atoms with E-state index in [1.807, 2.05) is 13.8 Å². The highest BCUT2D eigenvalue weighted by Gasteiger charge is 2.35. The van der Waals surface area contributed by atoms with Crippen LogP contribution in [-0.2, 0) is 11.3 Å². The molecule has 17 heavy (non-hydrogen) atoms. The van der Waals surface area contributed by atoms with Crippen LogP contribution >= 0.6 is 0 Å². The van der Waals surface area contributed by atoms with Gasteiger partial charge < -0.3 is 9.26 Å². The van der Waals surface area contributed by atoms with E-state index < -0.39 is 0 Å². The van der Waals surface area contributed by atoms with Crippen molar-refractivity contribution in [1.82, 2.24) is 10.1 Å². The first-order chi connectivity index (χ1) is 8.00. The van der Waals surface area contributed by atoms with Gasteiger partial charge in [-0.2, -0.15) is 0 Å². The third-order valence-corrected chi connectivity index (χ3v) is 3.29. The van der Waals surface area contributed by atoms with Crippen molar-refractivity contribution in [1.29, 1.82) is 0 Å². The summed E-state index contributed by atoms with van der Waals surface area (Å²) in [4.78, 5) is 13.5. The van der Waals surface area contributed by atoms with E-state index in [4.69, 9.17) is 9.26 Å². The summed E-state index contributed by atoms with van der Waals surface area (Å²) in [6.07, 6.45) is -0.247. The lowest BCUT2D eigenvalue weighted by molar-refractivity contribution is 0.154. The summed E-state index contributed by atoms with van der Waals surface area (Å²) in [6.45, 7) is 8.92. The molecule has 0 unspecified atom stereocenters. The standard InChI is InChI=1S/C12H18N2O3/c1-7(2)11-6-16-12(15)14(11)5-10-8(3)13-17-9(10)4/h7,11H,5-6H2,1-4H3/t11-/m1/s1. The molecular formula is C12H18N2O3. The minimum Gasteiger partial charge on any atom is -0.447 e. The van der Waals surface area contributed by atoms with Crippen molar-refractivity contribution in [2.75, 3.05) is 6.61 Å². The van der Waals surface area contributed by atoms with Gasteiger partial charge in [0.05, 0.1) is 18.3 Å². The molecular weight excluding hydrogens is 220 g/mol. The highest BCUT2D eigenvalue weighted by molar-refractivity contribution is 5.70. The van der Waals surface area contributed by atoms with Gasteiger partial charge in [0.25, 0.3) is 0 Å². The second-order valence-corrected chi connectivity index (χ2v) is 4.82. The fourth-order valence-corrected chi connectivity index (χ4v) is 2.10. The van der Waals surface area contributed by atoms with Crippen molar-refractivity contribution < 1.29 is 14.1 Å². The van der Waals surface area contributed by atoms with E-state index in [0.29, 0.717) is 19.1 Å². The van der Waals surface area contributed by atoms with E-state index in [1.54, 1.807) is 4.90 Å². The molecule has 1 aliphatic rings. The average Bonchev–Trinajstić information content (AvgIpc) is 2.77. The minimum absolute atomic E-state index is 0.135. The highest BCUT2D eigenvalue weighted by atomic mass is 16.6. The Bertz CT molecular complexity index is 406. The van der Waals surface area contributed by atoms with Gasteiger partial charge in [-0.1, -0.05) is 19.0 Å². The van der Waals surface area contributed by atoms with Gasteiger partial charge in [0.1, 0.15) is 12.4 Å². The van der Waals surface area contributed by atoms with Crippen LogP contribution in [-0.4, -0.2) is 28.8 Å². The third-order valence-electron chi connectivity index (χ3n) is 3.29. The van der Waals surface area contributed by atoms with E-state index >= 15 is 0 Å². The number of cyclic esters (lactones) is 1. The molecule has 5 nitrogen and oxygen atoms in total. The van der Waals surface area contributed by atoms with Gasteiger partial charge in [-0.05, 0) is 19.8 Å². The molecule has 1 amide bonds. The molecule has 1 aromatic rings. The Kier molecular flexibility index (Phi) is 3.09. The van der Waals surface area contributed by atoms with Crippen LogP contribution in [0.3, 0.4) is 0 Å². The van der Waals surface area contributed by atoms with Crippen molar-refractivity contribution in [3.8, 4) is 0 Å². The van der Waals surface area contributed by atoms with Crippen LogP contribution in [0.15, 0.2) is 4.52 Å². The maximum Gasteiger partial charge on any atom is 0.410 e. The minimum atomic E-state index is -0.247. The first kappa shape index (κ1) is 12.0. The number of hydrogen-bond acceptors (Lipinski definition) is 4. The molecule has 0 N–H and O–H groups in total. The molecule has 0 spiro atoms. The van der Waals surface area contributed by atoms with Gasteiger partial charge in [0.2, 0.25) is 0 Å². The first-order valence-electron chi connectivity index (χ1n) is 5.86. The number of carbonyl (C=O) groups is 1. The van der Waals surface area contributed by atoms with Gasteiger partial charge >= 0.3 is 6.09 Å². The fraction of sp³-hybridized carbons (Fsp3) is 0.667. The highest BCUT2D eigenvalue weighted by Crippen LogP contribution is 2.24. The summed E-state index contributed by atoms with van der Waals surface area (Å²) in [5.74, 6) is 1.15. The molecule has 1 aromatic heterocycles. The first-order valence-corrected chi connectivity index (χ1v) is 5.86. The molecule has 1 saturated heterocycles. The number of amides is 1. The molecule has 2 heterocycles. The van der Waals surface area contributed by atoms with Crippen LogP contribution in [0, 0.1) is 19.8 Å². The predicted molar refractivity (Wildman–Crippen MR) is 61.5 cm³/mol. The van der Waals surface area contributed by atoms with Gasteiger partial charge in [0.15, 0.2) is 0 Å². The van der Waals surface area contributed by atoms with E-state index in [9.17, 15) is 4.79 Å². The van der Waals surface area contributed by atoms with Gasteiger partial charge in [-0.3, -0.25) is 4.90 Å². The molecule has 0 radical (unpaired) electrons. The van der Waals surface area contributed by atoms with Crippen LogP contribution in [0.1, 0.15) is 30.9 Å². The Hall–Kier alpha value is -1.52. The second kappa shape index (κ2) is 4.39. The van der Waals surface area contributed by atoms with E-state index in [-0.39, 0.29) is 12.1 Å².